The van der Waals surface area contributed by atoms with Crippen LogP contribution in [0.15, 0.2) is 52.3 Å². The van der Waals surface area contributed by atoms with Crippen molar-refractivity contribution in [3.8, 4) is 11.5 Å². The smallest absolute Gasteiger partial charge is 0.265 e. The summed E-state index contributed by atoms with van der Waals surface area (Å²) in [4.78, 5) is 17.5. The molecule has 6 heteroatoms. The summed E-state index contributed by atoms with van der Waals surface area (Å²) in [5.74, 6) is 0.277. The van der Waals surface area contributed by atoms with E-state index in [9.17, 15) is 4.79 Å². The molecule has 130 valence electrons. The third-order valence-corrected chi connectivity index (χ3v) is 5.40. The Morgan fingerprint density at radius 1 is 1.15 bits per heavy atom. The lowest BCUT2D eigenvalue weighted by molar-refractivity contribution is 0.103. The number of halogens is 1. The third-order valence-electron chi connectivity index (χ3n) is 4.20. The van der Waals surface area contributed by atoms with E-state index in [1.165, 1.54) is 11.3 Å². The zero-order valence-electron chi connectivity index (χ0n) is 14.2. The zero-order chi connectivity index (χ0) is 18.3. The van der Waals surface area contributed by atoms with Crippen molar-refractivity contribution in [1.82, 2.24) is 4.98 Å². The molecule has 1 N–H and O–H groups in total. The van der Waals surface area contributed by atoms with Crippen LogP contribution < -0.4 is 5.32 Å². The number of nitrogens with one attached hydrogen (secondary N) is 1. The van der Waals surface area contributed by atoms with Gasteiger partial charge in [0.1, 0.15) is 5.52 Å². The van der Waals surface area contributed by atoms with Crippen molar-refractivity contribution in [1.29, 1.82) is 0 Å². The SMILES string of the molecule is Cc1cc2nc(-c3cc(NC(=O)c4cccs4)ccc3Cl)oc2cc1C. The molecule has 4 aromatic rings. The van der Waals surface area contributed by atoms with E-state index in [1.54, 1.807) is 24.3 Å². The molecule has 0 radical (unpaired) electrons. The zero-order valence-corrected chi connectivity index (χ0v) is 15.7. The maximum atomic E-state index is 12.3. The van der Waals surface area contributed by atoms with Crippen LogP contribution >= 0.6 is 22.9 Å². The van der Waals surface area contributed by atoms with Crippen LogP contribution in [0, 0.1) is 13.8 Å². The molecule has 0 fully saturated rings. The molecule has 26 heavy (non-hydrogen) atoms. The number of nitrogens with zero attached hydrogens (tertiary/aromatic N) is 1. The molecule has 0 saturated carbocycles. The van der Waals surface area contributed by atoms with Crippen LogP contribution in [0.25, 0.3) is 22.6 Å². The number of anilines is 1. The molecule has 0 atom stereocenters. The van der Waals surface area contributed by atoms with Crippen LogP contribution in [0.2, 0.25) is 5.02 Å². The fourth-order valence-electron chi connectivity index (χ4n) is 2.66. The molecule has 0 unspecified atom stereocenters. The van der Waals surface area contributed by atoms with Crippen LogP contribution in [-0.2, 0) is 0 Å². The van der Waals surface area contributed by atoms with Gasteiger partial charge in [0.25, 0.3) is 5.91 Å². The van der Waals surface area contributed by atoms with Crippen molar-refractivity contribution in [2.24, 2.45) is 0 Å². The molecule has 4 rings (SSSR count). The van der Waals surface area contributed by atoms with Gasteiger partial charge in [-0.2, -0.15) is 0 Å². The first kappa shape index (κ1) is 16.8. The highest BCUT2D eigenvalue weighted by atomic mass is 35.5. The number of carbonyl (C=O) groups excluding carboxylic acids is 1. The van der Waals surface area contributed by atoms with Gasteiger partial charge in [-0.3, -0.25) is 4.79 Å². The lowest BCUT2D eigenvalue weighted by atomic mass is 10.1. The molecule has 2 aromatic carbocycles. The Balaban J connectivity index is 1.71. The first-order chi connectivity index (χ1) is 12.5. The van der Waals surface area contributed by atoms with E-state index in [0.717, 1.165) is 16.6 Å². The summed E-state index contributed by atoms with van der Waals surface area (Å²) in [6.07, 6.45) is 0. The van der Waals surface area contributed by atoms with Gasteiger partial charge in [0.05, 0.1) is 15.5 Å². The predicted molar refractivity (Wildman–Crippen MR) is 106 cm³/mol. The summed E-state index contributed by atoms with van der Waals surface area (Å²) < 4.78 is 5.90. The normalized spacial score (nSPS) is 11.0. The lowest BCUT2D eigenvalue weighted by Gasteiger charge is -2.06. The average molecular weight is 383 g/mol. The third kappa shape index (κ3) is 3.11. The van der Waals surface area contributed by atoms with Gasteiger partial charge in [0.15, 0.2) is 5.58 Å². The number of aryl methyl sites for hydroxylation is 2. The minimum Gasteiger partial charge on any atom is -0.436 e. The number of hydrogen-bond acceptors (Lipinski definition) is 4. The molecule has 0 aliphatic carbocycles. The molecule has 2 aromatic heterocycles. The van der Waals surface area contributed by atoms with E-state index in [1.807, 2.05) is 37.4 Å². The summed E-state index contributed by atoms with van der Waals surface area (Å²) in [5, 5.41) is 5.26. The summed E-state index contributed by atoms with van der Waals surface area (Å²) in [5.41, 5.74) is 5.07. The summed E-state index contributed by atoms with van der Waals surface area (Å²) in [6, 6.07) is 12.8. The van der Waals surface area contributed by atoms with Crippen molar-refractivity contribution in [3.63, 3.8) is 0 Å². The Hall–Kier alpha value is -2.63. The monoisotopic (exact) mass is 382 g/mol. The van der Waals surface area contributed by atoms with Crippen molar-refractivity contribution in [2.75, 3.05) is 5.32 Å². The molecular formula is C20H15ClN2O2S. The van der Waals surface area contributed by atoms with Crippen LogP contribution in [-0.4, -0.2) is 10.9 Å². The van der Waals surface area contributed by atoms with Crippen molar-refractivity contribution < 1.29 is 9.21 Å². The molecule has 2 heterocycles. The Morgan fingerprint density at radius 3 is 2.73 bits per heavy atom. The average Bonchev–Trinajstić information content (AvgIpc) is 3.27. The van der Waals surface area contributed by atoms with Gasteiger partial charge in [0.2, 0.25) is 5.89 Å². The fraction of sp³-hybridized carbons (Fsp3) is 0.100. The van der Waals surface area contributed by atoms with E-state index in [0.29, 0.717) is 32.6 Å². The number of thiophene rings is 1. The standard InChI is InChI=1S/C20H15ClN2O2S/c1-11-8-16-17(9-12(11)2)25-20(23-16)14-10-13(5-6-15(14)21)22-19(24)18-4-3-7-26-18/h3-10H,1-2H3,(H,22,24). The number of oxazole rings is 1. The van der Waals surface area contributed by atoms with Crippen molar-refractivity contribution in [2.45, 2.75) is 13.8 Å². The second-order valence-electron chi connectivity index (χ2n) is 6.05. The Labute approximate surface area is 159 Å². The number of carbonyl (C=O) groups is 1. The molecule has 4 nitrogen and oxygen atoms in total. The van der Waals surface area contributed by atoms with E-state index < -0.39 is 0 Å². The molecule has 0 bridgehead atoms. The van der Waals surface area contributed by atoms with Gasteiger partial charge >= 0.3 is 0 Å². The quantitative estimate of drug-likeness (QED) is 0.467. The topological polar surface area (TPSA) is 55.1 Å². The minimum absolute atomic E-state index is 0.155. The maximum absolute atomic E-state index is 12.3. The molecule has 1 amide bonds. The van der Waals surface area contributed by atoms with E-state index >= 15 is 0 Å². The number of aromatic nitrogens is 1. The van der Waals surface area contributed by atoms with Crippen LogP contribution in [0.5, 0.6) is 0 Å². The van der Waals surface area contributed by atoms with Gasteiger partial charge in [0, 0.05) is 5.69 Å². The highest BCUT2D eigenvalue weighted by Crippen LogP contribution is 2.33. The molecule has 0 aliphatic heterocycles. The maximum Gasteiger partial charge on any atom is 0.265 e. The van der Waals surface area contributed by atoms with Crippen LogP contribution in [0.1, 0.15) is 20.8 Å². The fourth-order valence-corrected chi connectivity index (χ4v) is 3.48. The van der Waals surface area contributed by atoms with Gasteiger partial charge in [-0.15, -0.1) is 11.3 Å². The second-order valence-corrected chi connectivity index (χ2v) is 7.40. The molecule has 0 spiro atoms. The Kier molecular flexibility index (Phi) is 4.26. The van der Waals surface area contributed by atoms with Gasteiger partial charge < -0.3 is 9.73 Å². The second kappa shape index (κ2) is 6.59. The largest absolute Gasteiger partial charge is 0.436 e. The van der Waals surface area contributed by atoms with Crippen molar-refractivity contribution >= 4 is 45.6 Å². The number of amides is 1. The number of hydrogen-bond donors (Lipinski definition) is 1. The first-order valence-corrected chi connectivity index (χ1v) is 9.29. The van der Waals surface area contributed by atoms with E-state index in [2.05, 4.69) is 10.3 Å². The predicted octanol–water partition coefficient (Wildman–Crippen LogP) is 6.08. The molecule has 0 saturated heterocycles. The first-order valence-electron chi connectivity index (χ1n) is 8.04. The van der Waals surface area contributed by atoms with Crippen LogP contribution in [0.3, 0.4) is 0 Å². The van der Waals surface area contributed by atoms with E-state index in [4.69, 9.17) is 16.0 Å². The van der Waals surface area contributed by atoms with Gasteiger partial charge in [-0.05, 0) is 66.8 Å². The number of benzene rings is 2. The van der Waals surface area contributed by atoms with E-state index in [-0.39, 0.29) is 5.91 Å². The molecular weight excluding hydrogens is 368 g/mol. The lowest BCUT2D eigenvalue weighted by Crippen LogP contribution is -2.10. The molecule has 0 aliphatic rings. The number of fused-ring (bicyclic) bond motifs is 1. The summed E-state index contributed by atoms with van der Waals surface area (Å²) >= 11 is 7.74. The minimum atomic E-state index is -0.155. The Bertz CT molecular complexity index is 1080. The Morgan fingerprint density at radius 2 is 1.96 bits per heavy atom. The highest BCUT2D eigenvalue weighted by Gasteiger charge is 2.15. The van der Waals surface area contributed by atoms with Crippen LogP contribution in [0.4, 0.5) is 5.69 Å². The van der Waals surface area contributed by atoms with Crippen molar-refractivity contribution in [3.05, 3.63) is 68.9 Å². The summed E-state index contributed by atoms with van der Waals surface area (Å²) in [7, 11) is 0. The number of rotatable bonds is 3. The van der Waals surface area contributed by atoms with Gasteiger partial charge in [-0.1, -0.05) is 17.7 Å². The summed E-state index contributed by atoms with van der Waals surface area (Å²) in [6.45, 7) is 4.07. The highest BCUT2D eigenvalue weighted by molar-refractivity contribution is 7.12. The van der Waals surface area contributed by atoms with Gasteiger partial charge in [-0.25, -0.2) is 4.98 Å².